The van der Waals surface area contributed by atoms with Gasteiger partial charge in [-0.05, 0) is 29.8 Å². The Labute approximate surface area is 135 Å². The quantitative estimate of drug-likeness (QED) is 0.849. The van der Waals surface area contributed by atoms with Crippen LogP contribution in [0.1, 0.15) is 16.7 Å². The zero-order chi connectivity index (χ0) is 15.5. The molecule has 0 fully saturated rings. The molecule has 0 aromatic heterocycles. The standard InChI is InChI=1S/C16H14ClFO3S/c17-14-3-1-11(2-4-14)8-22(19)9-13-6-15(18)5-12-7-20-10-21-16(12)13/h1-6H,7-10H2/t22-/m0/s1. The molecule has 1 heterocycles. The van der Waals surface area contributed by atoms with Crippen LogP contribution in [0.3, 0.4) is 0 Å². The minimum Gasteiger partial charge on any atom is -0.467 e. The summed E-state index contributed by atoms with van der Waals surface area (Å²) in [6.45, 7) is 0.444. The van der Waals surface area contributed by atoms with Gasteiger partial charge < -0.3 is 9.47 Å². The Morgan fingerprint density at radius 2 is 1.95 bits per heavy atom. The van der Waals surface area contributed by atoms with Crippen LogP contribution in [0.5, 0.6) is 5.75 Å². The average Bonchev–Trinajstić information content (AvgIpc) is 2.49. The average molecular weight is 341 g/mol. The molecule has 0 saturated carbocycles. The second kappa shape index (κ2) is 6.77. The first kappa shape index (κ1) is 15.5. The third-order valence-electron chi connectivity index (χ3n) is 3.31. The van der Waals surface area contributed by atoms with Gasteiger partial charge in [-0.2, -0.15) is 0 Å². The Morgan fingerprint density at radius 3 is 2.73 bits per heavy atom. The van der Waals surface area contributed by atoms with Crippen molar-refractivity contribution in [2.45, 2.75) is 18.1 Å². The van der Waals surface area contributed by atoms with Gasteiger partial charge in [0.05, 0.1) is 12.4 Å². The molecular weight excluding hydrogens is 327 g/mol. The molecule has 0 spiro atoms. The van der Waals surface area contributed by atoms with E-state index in [0.29, 0.717) is 34.3 Å². The lowest BCUT2D eigenvalue weighted by Crippen LogP contribution is -2.14. The van der Waals surface area contributed by atoms with Crippen molar-refractivity contribution in [1.82, 2.24) is 0 Å². The Balaban J connectivity index is 1.76. The highest BCUT2D eigenvalue weighted by molar-refractivity contribution is 7.83. The van der Waals surface area contributed by atoms with Crippen molar-refractivity contribution in [3.63, 3.8) is 0 Å². The third kappa shape index (κ3) is 3.66. The predicted octanol–water partition coefficient (Wildman–Crippen LogP) is 3.79. The summed E-state index contributed by atoms with van der Waals surface area (Å²) < 4.78 is 36.6. The van der Waals surface area contributed by atoms with Crippen LogP contribution in [0.2, 0.25) is 5.02 Å². The molecule has 0 N–H and O–H groups in total. The molecule has 3 rings (SSSR count). The van der Waals surface area contributed by atoms with Crippen molar-refractivity contribution in [2.24, 2.45) is 0 Å². The fourth-order valence-corrected chi connectivity index (χ4v) is 3.71. The zero-order valence-electron chi connectivity index (χ0n) is 11.7. The van der Waals surface area contributed by atoms with Crippen LogP contribution in [0.4, 0.5) is 4.39 Å². The summed E-state index contributed by atoms with van der Waals surface area (Å²) in [7, 11) is -1.17. The Bertz CT molecular complexity index is 703. The molecule has 1 aliphatic heterocycles. The van der Waals surface area contributed by atoms with Crippen molar-refractivity contribution in [3.8, 4) is 5.75 Å². The number of benzene rings is 2. The monoisotopic (exact) mass is 340 g/mol. The molecule has 3 nitrogen and oxygen atoms in total. The zero-order valence-corrected chi connectivity index (χ0v) is 13.3. The van der Waals surface area contributed by atoms with E-state index in [2.05, 4.69) is 0 Å². The lowest BCUT2D eigenvalue weighted by Gasteiger charge is -2.20. The van der Waals surface area contributed by atoms with Crippen LogP contribution in [0, 0.1) is 5.82 Å². The largest absolute Gasteiger partial charge is 0.467 e. The molecule has 6 heteroatoms. The van der Waals surface area contributed by atoms with Crippen LogP contribution in [-0.2, 0) is 33.6 Å². The minimum atomic E-state index is -1.17. The molecule has 2 aromatic carbocycles. The molecule has 0 aliphatic carbocycles. The SMILES string of the molecule is O=[S@@](Cc1ccc(Cl)cc1)Cc1cc(F)cc2c1OCOC2. The van der Waals surface area contributed by atoms with E-state index in [1.807, 2.05) is 12.1 Å². The van der Waals surface area contributed by atoms with E-state index in [0.717, 1.165) is 5.56 Å². The van der Waals surface area contributed by atoms with E-state index in [4.69, 9.17) is 21.1 Å². The lowest BCUT2D eigenvalue weighted by molar-refractivity contribution is -0.0171. The topological polar surface area (TPSA) is 35.5 Å². The summed E-state index contributed by atoms with van der Waals surface area (Å²) in [6, 6.07) is 9.97. The van der Waals surface area contributed by atoms with E-state index < -0.39 is 10.8 Å². The van der Waals surface area contributed by atoms with Crippen molar-refractivity contribution in [2.75, 3.05) is 6.79 Å². The van der Waals surface area contributed by atoms with Crippen molar-refractivity contribution in [1.29, 1.82) is 0 Å². The Kier molecular flexibility index (Phi) is 4.76. The maximum Gasteiger partial charge on any atom is 0.189 e. The van der Waals surface area contributed by atoms with Gasteiger partial charge in [0, 0.05) is 32.7 Å². The number of halogens is 2. The van der Waals surface area contributed by atoms with E-state index in [1.54, 1.807) is 12.1 Å². The van der Waals surface area contributed by atoms with Gasteiger partial charge in [0.1, 0.15) is 11.6 Å². The van der Waals surface area contributed by atoms with E-state index in [-0.39, 0.29) is 18.4 Å². The first-order valence-electron chi connectivity index (χ1n) is 6.73. The maximum atomic E-state index is 13.7. The second-order valence-corrected chi connectivity index (χ2v) is 6.91. The van der Waals surface area contributed by atoms with E-state index >= 15 is 0 Å². The van der Waals surface area contributed by atoms with Gasteiger partial charge in [0.25, 0.3) is 0 Å². The Hall–Kier alpha value is -1.43. The normalized spacial score (nSPS) is 15.0. The molecule has 0 saturated heterocycles. The van der Waals surface area contributed by atoms with Gasteiger partial charge in [-0.3, -0.25) is 4.21 Å². The number of ether oxygens (including phenoxy) is 2. The van der Waals surface area contributed by atoms with Gasteiger partial charge in [-0.25, -0.2) is 4.39 Å². The molecule has 1 aliphatic rings. The predicted molar refractivity (Wildman–Crippen MR) is 83.7 cm³/mol. The molecule has 2 aromatic rings. The summed E-state index contributed by atoms with van der Waals surface area (Å²) in [6.07, 6.45) is 0. The number of hydrogen-bond acceptors (Lipinski definition) is 3. The molecular formula is C16H14ClFO3S. The van der Waals surface area contributed by atoms with Crippen molar-refractivity contribution >= 4 is 22.4 Å². The molecule has 0 radical (unpaired) electrons. The van der Waals surface area contributed by atoms with E-state index in [9.17, 15) is 8.60 Å². The molecule has 0 amide bonds. The summed E-state index contributed by atoms with van der Waals surface area (Å²) in [5.74, 6) is 0.852. The molecule has 0 bridgehead atoms. The molecule has 1 atom stereocenters. The summed E-state index contributed by atoms with van der Waals surface area (Å²) in [4.78, 5) is 0. The summed E-state index contributed by atoms with van der Waals surface area (Å²) in [5.41, 5.74) is 2.20. The van der Waals surface area contributed by atoms with Crippen LogP contribution in [0.25, 0.3) is 0 Å². The highest BCUT2D eigenvalue weighted by Crippen LogP contribution is 2.30. The van der Waals surface area contributed by atoms with Crippen LogP contribution in [0.15, 0.2) is 36.4 Å². The number of rotatable bonds is 4. The van der Waals surface area contributed by atoms with Gasteiger partial charge in [0.15, 0.2) is 6.79 Å². The summed E-state index contributed by atoms with van der Waals surface area (Å²) >= 11 is 5.83. The fraction of sp³-hybridized carbons (Fsp3) is 0.250. The molecule has 116 valence electrons. The highest BCUT2D eigenvalue weighted by atomic mass is 35.5. The highest BCUT2D eigenvalue weighted by Gasteiger charge is 2.18. The van der Waals surface area contributed by atoms with Crippen LogP contribution in [-0.4, -0.2) is 11.0 Å². The molecule has 22 heavy (non-hydrogen) atoms. The smallest absolute Gasteiger partial charge is 0.189 e. The van der Waals surface area contributed by atoms with Gasteiger partial charge in [-0.15, -0.1) is 0 Å². The van der Waals surface area contributed by atoms with Gasteiger partial charge in [0.2, 0.25) is 0 Å². The van der Waals surface area contributed by atoms with E-state index in [1.165, 1.54) is 12.1 Å². The first-order valence-corrected chi connectivity index (χ1v) is 8.59. The maximum absolute atomic E-state index is 13.7. The Morgan fingerprint density at radius 1 is 1.18 bits per heavy atom. The number of hydrogen-bond donors (Lipinski definition) is 0. The van der Waals surface area contributed by atoms with Crippen molar-refractivity contribution in [3.05, 3.63) is 63.9 Å². The third-order valence-corrected chi connectivity index (χ3v) is 4.85. The van der Waals surface area contributed by atoms with Gasteiger partial charge in [-0.1, -0.05) is 23.7 Å². The number of fused-ring (bicyclic) bond motifs is 1. The fourth-order valence-electron chi connectivity index (χ4n) is 2.35. The van der Waals surface area contributed by atoms with Crippen LogP contribution >= 0.6 is 11.6 Å². The minimum absolute atomic E-state index is 0.134. The lowest BCUT2D eigenvalue weighted by atomic mass is 10.1. The first-order chi connectivity index (χ1) is 10.6. The van der Waals surface area contributed by atoms with Crippen molar-refractivity contribution < 1.29 is 18.1 Å². The molecule has 0 unspecified atom stereocenters. The van der Waals surface area contributed by atoms with Crippen LogP contribution < -0.4 is 4.74 Å². The summed E-state index contributed by atoms with van der Waals surface area (Å²) in [5, 5.41) is 0.641. The second-order valence-electron chi connectivity index (χ2n) is 5.02. The van der Waals surface area contributed by atoms with Gasteiger partial charge >= 0.3 is 0 Å².